The van der Waals surface area contributed by atoms with E-state index in [4.69, 9.17) is 16.3 Å². The van der Waals surface area contributed by atoms with Gasteiger partial charge in [0.2, 0.25) is 0 Å². The lowest BCUT2D eigenvalue weighted by atomic mass is 9.96. The second-order valence-corrected chi connectivity index (χ2v) is 5.72. The highest BCUT2D eigenvalue weighted by atomic mass is 35.5. The Morgan fingerprint density at radius 2 is 1.90 bits per heavy atom. The van der Waals surface area contributed by atoms with E-state index in [0.29, 0.717) is 22.3 Å². The van der Waals surface area contributed by atoms with Gasteiger partial charge in [-0.25, -0.2) is 0 Å². The van der Waals surface area contributed by atoms with Crippen molar-refractivity contribution < 1.29 is 9.53 Å². The van der Waals surface area contributed by atoms with Crippen LogP contribution >= 0.6 is 11.6 Å². The third kappa shape index (κ3) is 3.11. The first-order valence-corrected chi connectivity index (χ1v) is 7.31. The molecule has 0 aromatic heterocycles. The van der Waals surface area contributed by atoms with E-state index < -0.39 is 0 Å². The molecule has 0 atom stereocenters. The summed E-state index contributed by atoms with van der Waals surface area (Å²) in [7, 11) is 1.53. The number of benzene rings is 2. The van der Waals surface area contributed by atoms with E-state index in [1.807, 2.05) is 18.2 Å². The van der Waals surface area contributed by atoms with Gasteiger partial charge in [0.1, 0.15) is 5.75 Å². The molecule has 2 aromatic rings. The van der Waals surface area contributed by atoms with Crippen molar-refractivity contribution in [3.63, 3.8) is 0 Å². The van der Waals surface area contributed by atoms with Gasteiger partial charge in [0.25, 0.3) is 0 Å². The number of halogens is 1. The first-order valence-electron chi connectivity index (χ1n) is 6.93. The van der Waals surface area contributed by atoms with Gasteiger partial charge in [-0.15, -0.1) is 0 Å². The zero-order valence-electron chi connectivity index (χ0n) is 12.7. The van der Waals surface area contributed by atoms with Crippen molar-refractivity contribution in [1.82, 2.24) is 0 Å². The predicted octanol–water partition coefficient (Wildman–Crippen LogP) is 5.34. The molecule has 0 aliphatic rings. The van der Waals surface area contributed by atoms with E-state index in [1.54, 1.807) is 6.07 Å². The molecule has 3 heteroatoms. The Labute approximate surface area is 130 Å². The van der Waals surface area contributed by atoms with Crippen molar-refractivity contribution in [3.05, 3.63) is 52.5 Å². The zero-order valence-corrected chi connectivity index (χ0v) is 13.5. The van der Waals surface area contributed by atoms with Crippen molar-refractivity contribution in [2.45, 2.75) is 26.7 Å². The van der Waals surface area contributed by atoms with Crippen molar-refractivity contribution in [2.75, 3.05) is 7.11 Å². The maximum Gasteiger partial charge on any atom is 0.163 e. The lowest BCUT2D eigenvalue weighted by Gasteiger charge is -2.14. The summed E-state index contributed by atoms with van der Waals surface area (Å²) in [6.45, 7) is 5.81. The second kappa shape index (κ2) is 6.31. The number of Topliss-reactive ketones (excluding diaryl/α,β-unsaturated/α-hetero) is 1. The minimum atomic E-state index is -0.0590. The highest BCUT2D eigenvalue weighted by molar-refractivity contribution is 6.35. The Bertz CT molecular complexity index is 675. The molecule has 2 aromatic carbocycles. The zero-order chi connectivity index (χ0) is 15.6. The van der Waals surface area contributed by atoms with Crippen molar-refractivity contribution >= 4 is 17.4 Å². The number of carbonyl (C=O) groups is 1. The summed E-state index contributed by atoms with van der Waals surface area (Å²) in [5.74, 6) is 0.829. The summed E-state index contributed by atoms with van der Waals surface area (Å²) < 4.78 is 5.32. The average molecular weight is 303 g/mol. The fourth-order valence-corrected chi connectivity index (χ4v) is 2.67. The van der Waals surface area contributed by atoms with Crippen LogP contribution in [0.5, 0.6) is 5.75 Å². The number of rotatable bonds is 4. The molecule has 0 amide bonds. The van der Waals surface area contributed by atoms with Crippen LogP contribution in [0, 0.1) is 0 Å². The number of hydrogen-bond donors (Lipinski definition) is 0. The highest BCUT2D eigenvalue weighted by Crippen LogP contribution is 2.38. The molecule has 110 valence electrons. The molecule has 0 unspecified atom stereocenters. The van der Waals surface area contributed by atoms with Crippen LogP contribution in [0.3, 0.4) is 0 Å². The van der Waals surface area contributed by atoms with Crippen LogP contribution in [0.2, 0.25) is 5.02 Å². The minimum absolute atomic E-state index is 0.0590. The van der Waals surface area contributed by atoms with Gasteiger partial charge >= 0.3 is 0 Å². The molecule has 0 N–H and O–H groups in total. The topological polar surface area (TPSA) is 26.3 Å². The van der Waals surface area contributed by atoms with Crippen LogP contribution < -0.4 is 4.74 Å². The smallest absolute Gasteiger partial charge is 0.163 e. The quantitative estimate of drug-likeness (QED) is 0.712. The van der Waals surface area contributed by atoms with E-state index in [2.05, 4.69) is 26.0 Å². The van der Waals surface area contributed by atoms with Gasteiger partial charge in [0.15, 0.2) is 5.78 Å². The number of hydrogen-bond acceptors (Lipinski definition) is 2. The molecule has 0 bridgehead atoms. The summed E-state index contributed by atoms with van der Waals surface area (Å²) in [6.07, 6.45) is 0. The maximum atomic E-state index is 11.6. The number of carbonyl (C=O) groups excluding carboxylic acids is 1. The lowest BCUT2D eigenvalue weighted by Crippen LogP contribution is -1.99. The summed E-state index contributed by atoms with van der Waals surface area (Å²) in [5, 5.41) is 0.478. The van der Waals surface area contributed by atoms with Gasteiger partial charge in [-0.3, -0.25) is 4.79 Å². The molecule has 2 rings (SSSR count). The average Bonchev–Trinajstić information content (AvgIpc) is 2.46. The van der Waals surface area contributed by atoms with Crippen LogP contribution in [-0.2, 0) is 0 Å². The Hall–Kier alpha value is -1.80. The summed E-state index contributed by atoms with van der Waals surface area (Å²) in [4.78, 5) is 11.6. The standard InChI is InChI=1S/C18H19ClO2/c1-11(2)13-6-5-7-14(10-13)16-9-8-15(12(3)20)18(21-4)17(16)19/h5-11H,1-4H3. The summed E-state index contributed by atoms with van der Waals surface area (Å²) in [5.41, 5.74) is 3.66. The van der Waals surface area contributed by atoms with Crippen molar-refractivity contribution in [2.24, 2.45) is 0 Å². The third-order valence-electron chi connectivity index (χ3n) is 3.54. The molecule has 0 heterocycles. The molecule has 0 fully saturated rings. The third-order valence-corrected chi connectivity index (χ3v) is 3.92. The Morgan fingerprint density at radius 3 is 2.48 bits per heavy atom. The maximum absolute atomic E-state index is 11.6. The molecule has 2 nitrogen and oxygen atoms in total. The van der Waals surface area contributed by atoms with E-state index in [9.17, 15) is 4.79 Å². The van der Waals surface area contributed by atoms with Crippen molar-refractivity contribution in [3.8, 4) is 16.9 Å². The fraction of sp³-hybridized carbons (Fsp3) is 0.278. The molecule has 0 saturated heterocycles. The Balaban J connectivity index is 2.60. The van der Waals surface area contributed by atoms with Gasteiger partial charge in [0, 0.05) is 5.56 Å². The summed E-state index contributed by atoms with van der Waals surface area (Å²) in [6, 6.07) is 11.9. The number of methoxy groups -OCH3 is 1. The Morgan fingerprint density at radius 1 is 1.19 bits per heavy atom. The molecule has 0 saturated carbocycles. The van der Waals surface area contributed by atoms with Crippen LogP contribution in [0.25, 0.3) is 11.1 Å². The van der Waals surface area contributed by atoms with Gasteiger partial charge in [0.05, 0.1) is 17.7 Å². The molecule has 0 radical (unpaired) electrons. The number of ether oxygens (including phenoxy) is 1. The van der Waals surface area contributed by atoms with Gasteiger partial charge in [-0.2, -0.15) is 0 Å². The second-order valence-electron chi connectivity index (χ2n) is 5.34. The number of ketones is 1. The molecule has 0 spiro atoms. The molecule has 21 heavy (non-hydrogen) atoms. The van der Waals surface area contributed by atoms with Crippen LogP contribution in [0.4, 0.5) is 0 Å². The normalized spacial score (nSPS) is 10.8. The monoisotopic (exact) mass is 302 g/mol. The minimum Gasteiger partial charge on any atom is -0.494 e. The summed E-state index contributed by atoms with van der Waals surface area (Å²) >= 11 is 6.45. The van der Waals surface area contributed by atoms with Crippen LogP contribution in [0.15, 0.2) is 36.4 Å². The molecular formula is C18H19ClO2. The molecule has 0 aliphatic heterocycles. The first kappa shape index (κ1) is 15.6. The molecular weight excluding hydrogens is 284 g/mol. The van der Waals surface area contributed by atoms with E-state index >= 15 is 0 Å². The van der Waals surface area contributed by atoms with Crippen molar-refractivity contribution in [1.29, 1.82) is 0 Å². The lowest BCUT2D eigenvalue weighted by molar-refractivity contribution is 0.101. The SMILES string of the molecule is COc1c(C(C)=O)ccc(-c2cccc(C(C)C)c2)c1Cl. The van der Waals surface area contributed by atoms with E-state index in [1.165, 1.54) is 19.6 Å². The largest absolute Gasteiger partial charge is 0.494 e. The van der Waals surface area contributed by atoms with E-state index in [-0.39, 0.29) is 5.78 Å². The van der Waals surface area contributed by atoms with Gasteiger partial charge < -0.3 is 4.74 Å². The van der Waals surface area contributed by atoms with E-state index in [0.717, 1.165) is 11.1 Å². The van der Waals surface area contributed by atoms with Crippen LogP contribution in [0.1, 0.15) is 42.6 Å². The van der Waals surface area contributed by atoms with Gasteiger partial charge in [-0.05, 0) is 30.0 Å². The predicted molar refractivity (Wildman–Crippen MR) is 87.5 cm³/mol. The first-order chi connectivity index (χ1) is 9.95. The highest BCUT2D eigenvalue weighted by Gasteiger charge is 2.16. The fourth-order valence-electron chi connectivity index (χ4n) is 2.32. The van der Waals surface area contributed by atoms with Gasteiger partial charge in [-0.1, -0.05) is 55.8 Å². The van der Waals surface area contributed by atoms with Crippen LogP contribution in [-0.4, -0.2) is 12.9 Å². The Kier molecular flexibility index (Phi) is 4.69. The molecule has 0 aliphatic carbocycles.